The summed E-state index contributed by atoms with van der Waals surface area (Å²) in [7, 11) is 0. The molecule has 4 rings (SSSR count). The van der Waals surface area contributed by atoms with Crippen LogP contribution in [0.5, 0.6) is 0 Å². The van der Waals surface area contributed by atoms with Gasteiger partial charge in [0, 0.05) is 40.9 Å². The molecule has 2 aromatic carbocycles. The Morgan fingerprint density at radius 2 is 1.60 bits per heavy atom. The van der Waals surface area contributed by atoms with Crippen molar-refractivity contribution < 1.29 is 0 Å². The molecule has 3 aromatic rings. The summed E-state index contributed by atoms with van der Waals surface area (Å²) >= 11 is 0. The number of aromatic nitrogens is 1. The van der Waals surface area contributed by atoms with Gasteiger partial charge in [0.25, 0.3) is 0 Å². The van der Waals surface area contributed by atoms with E-state index < -0.39 is 0 Å². The van der Waals surface area contributed by atoms with E-state index in [2.05, 4.69) is 64.5 Å². The van der Waals surface area contributed by atoms with Crippen LogP contribution in [0.2, 0.25) is 0 Å². The molecule has 1 N–H and O–H groups in total. The predicted octanol–water partition coefficient (Wildman–Crippen LogP) is 4.44. The Balaban J connectivity index is 1.84. The highest BCUT2D eigenvalue weighted by Crippen LogP contribution is 2.33. The van der Waals surface area contributed by atoms with E-state index in [1.165, 1.54) is 53.8 Å². The molecule has 0 spiro atoms. The molecule has 0 saturated carbocycles. The number of anilines is 1. The van der Waals surface area contributed by atoms with Crippen LogP contribution in [0.4, 0.5) is 5.69 Å². The van der Waals surface area contributed by atoms with Gasteiger partial charge in [-0.2, -0.15) is 0 Å². The third kappa shape index (κ3) is 1.88. The summed E-state index contributed by atoms with van der Waals surface area (Å²) in [6.45, 7) is 2.36. The number of hydrogen-bond donors (Lipinski definition) is 1. The molecule has 1 saturated heterocycles. The minimum absolute atomic E-state index is 1.18. The van der Waals surface area contributed by atoms with Gasteiger partial charge in [0.05, 0.1) is 0 Å². The number of nitrogens with zero attached hydrogens (tertiary/aromatic N) is 1. The molecule has 0 unspecified atom stereocenters. The van der Waals surface area contributed by atoms with Gasteiger partial charge >= 0.3 is 0 Å². The first-order chi connectivity index (χ1) is 9.92. The standard InChI is InChI=1S/C18H18N2/c1-3-9-16-14(7-1)13-17(19-16)15-8-2-4-10-18(15)20-11-5-6-12-20/h1-4,7-10,13,19H,5-6,11-12H2. The molecule has 0 atom stereocenters. The van der Waals surface area contributed by atoms with Gasteiger partial charge in [-0.15, -0.1) is 0 Å². The molecule has 2 heterocycles. The zero-order chi connectivity index (χ0) is 13.4. The van der Waals surface area contributed by atoms with Gasteiger partial charge < -0.3 is 9.88 Å². The topological polar surface area (TPSA) is 19.0 Å². The van der Waals surface area contributed by atoms with E-state index in [1.54, 1.807) is 0 Å². The van der Waals surface area contributed by atoms with Crippen molar-refractivity contribution in [2.24, 2.45) is 0 Å². The first-order valence-corrected chi connectivity index (χ1v) is 7.34. The molecule has 0 aliphatic carbocycles. The molecule has 1 aromatic heterocycles. The summed E-state index contributed by atoms with van der Waals surface area (Å²) < 4.78 is 0. The SMILES string of the molecule is c1ccc(N2CCCC2)c(-c2cc3ccccc3[nH]2)c1. The van der Waals surface area contributed by atoms with Crippen molar-refractivity contribution in [3.05, 3.63) is 54.6 Å². The molecular formula is C18H18N2. The first-order valence-electron chi connectivity index (χ1n) is 7.34. The Kier molecular flexibility index (Phi) is 2.73. The van der Waals surface area contributed by atoms with Crippen LogP contribution >= 0.6 is 0 Å². The van der Waals surface area contributed by atoms with Gasteiger partial charge in [-0.25, -0.2) is 0 Å². The van der Waals surface area contributed by atoms with E-state index in [4.69, 9.17) is 0 Å². The zero-order valence-electron chi connectivity index (χ0n) is 11.5. The summed E-state index contributed by atoms with van der Waals surface area (Å²) in [6.07, 6.45) is 2.61. The molecule has 20 heavy (non-hydrogen) atoms. The van der Waals surface area contributed by atoms with Crippen LogP contribution in [0.1, 0.15) is 12.8 Å². The smallest absolute Gasteiger partial charge is 0.0485 e. The van der Waals surface area contributed by atoms with Gasteiger partial charge in [-0.1, -0.05) is 36.4 Å². The zero-order valence-corrected chi connectivity index (χ0v) is 11.5. The van der Waals surface area contributed by atoms with Crippen molar-refractivity contribution >= 4 is 16.6 Å². The maximum absolute atomic E-state index is 3.55. The Labute approximate surface area is 119 Å². The van der Waals surface area contributed by atoms with E-state index in [1.807, 2.05) is 0 Å². The molecule has 2 heteroatoms. The number of H-pyrrole nitrogens is 1. The minimum Gasteiger partial charge on any atom is -0.371 e. The quantitative estimate of drug-likeness (QED) is 0.723. The Hall–Kier alpha value is -2.22. The van der Waals surface area contributed by atoms with Gasteiger partial charge in [-0.05, 0) is 31.0 Å². The van der Waals surface area contributed by atoms with Crippen LogP contribution in [0.15, 0.2) is 54.6 Å². The van der Waals surface area contributed by atoms with Crippen molar-refractivity contribution in [3.63, 3.8) is 0 Å². The molecule has 100 valence electrons. The maximum atomic E-state index is 3.55. The number of benzene rings is 2. The first kappa shape index (κ1) is 11.6. The second-order valence-electron chi connectivity index (χ2n) is 5.48. The highest BCUT2D eigenvalue weighted by molar-refractivity contribution is 5.89. The van der Waals surface area contributed by atoms with Crippen molar-refractivity contribution in [2.75, 3.05) is 18.0 Å². The van der Waals surface area contributed by atoms with Crippen LogP contribution in [0.3, 0.4) is 0 Å². The van der Waals surface area contributed by atoms with Gasteiger partial charge in [0.15, 0.2) is 0 Å². The second kappa shape index (κ2) is 4.71. The fraction of sp³-hybridized carbons (Fsp3) is 0.222. The normalized spacial score (nSPS) is 15.1. The lowest BCUT2D eigenvalue weighted by molar-refractivity contribution is 0.949. The van der Waals surface area contributed by atoms with Gasteiger partial charge in [0.2, 0.25) is 0 Å². The van der Waals surface area contributed by atoms with E-state index in [0.717, 1.165) is 0 Å². The maximum Gasteiger partial charge on any atom is 0.0485 e. The Morgan fingerprint density at radius 3 is 2.45 bits per heavy atom. The van der Waals surface area contributed by atoms with E-state index in [0.29, 0.717) is 0 Å². The average molecular weight is 262 g/mol. The van der Waals surface area contributed by atoms with Crippen LogP contribution in [-0.4, -0.2) is 18.1 Å². The van der Waals surface area contributed by atoms with Crippen molar-refractivity contribution in [1.82, 2.24) is 4.98 Å². The molecule has 1 aliphatic rings. The van der Waals surface area contributed by atoms with Crippen molar-refractivity contribution in [2.45, 2.75) is 12.8 Å². The second-order valence-corrected chi connectivity index (χ2v) is 5.48. The highest BCUT2D eigenvalue weighted by Gasteiger charge is 2.16. The van der Waals surface area contributed by atoms with Crippen LogP contribution < -0.4 is 4.90 Å². The Morgan fingerprint density at radius 1 is 0.850 bits per heavy atom. The number of hydrogen-bond acceptors (Lipinski definition) is 1. The third-order valence-electron chi connectivity index (χ3n) is 4.17. The van der Waals surface area contributed by atoms with E-state index >= 15 is 0 Å². The van der Waals surface area contributed by atoms with Gasteiger partial charge in [-0.3, -0.25) is 0 Å². The largest absolute Gasteiger partial charge is 0.371 e. The number of para-hydroxylation sites is 2. The molecule has 1 aliphatic heterocycles. The molecule has 0 bridgehead atoms. The summed E-state index contributed by atoms with van der Waals surface area (Å²) in [6, 6.07) is 19.4. The molecular weight excluding hydrogens is 244 g/mol. The molecule has 1 fully saturated rings. The van der Waals surface area contributed by atoms with E-state index in [-0.39, 0.29) is 0 Å². The number of nitrogens with one attached hydrogen (secondary N) is 1. The summed E-state index contributed by atoms with van der Waals surface area (Å²) in [5, 5.41) is 1.28. The Bertz CT molecular complexity index is 703. The molecule has 0 radical (unpaired) electrons. The minimum atomic E-state index is 1.18. The fourth-order valence-corrected chi connectivity index (χ4v) is 3.15. The van der Waals surface area contributed by atoms with Gasteiger partial charge in [0.1, 0.15) is 0 Å². The summed E-state index contributed by atoms with van der Waals surface area (Å²) in [5.41, 5.74) is 5.09. The van der Waals surface area contributed by atoms with Crippen LogP contribution in [0.25, 0.3) is 22.2 Å². The summed E-state index contributed by atoms with van der Waals surface area (Å²) in [5.74, 6) is 0. The molecule has 0 amide bonds. The number of rotatable bonds is 2. The van der Waals surface area contributed by atoms with Crippen molar-refractivity contribution in [1.29, 1.82) is 0 Å². The fourth-order valence-electron chi connectivity index (χ4n) is 3.15. The van der Waals surface area contributed by atoms with Crippen LogP contribution in [0, 0.1) is 0 Å². The monoisotopic (exact) mass is 262 g/mol. The third-order valence-corrected chi connectivity index (χ3v) is 4.17. The lowest BCUT2D eigenvalue weighted by Crippen LogP contribution is -2.18. The number of aromatic amines is 1. The summed E-state index contributed by atoms with van der Waals surface area (Å²) in [4.78, 5) is 6.05. The molecule has 2 nitrogen and oxygen atoms in total. The van der Waals surface area contributed by atoms with Crippen molar-refractivity contribution in [3.8, 4) is 11.3 Å². The van der Waals surface area contributed by atoms with Crippen LogP contribution in [-0.2, 0) is 0 Å². The number of fused-ring (bicyclic) bond motifs is 1. The highest BCUT2D eigenvalue weighted by atomic mass is 15.1. The average Bonchev–Trinajstić information content (AvgIpc) is 3.16. The predicted molar refractivity (Wildman–Crippen MR) is 85.2 cm³/mol. The lowest BCUT2D eigenvalue weighted by Gasteiger charge is -2.20. The lowest BCUT2D eigenvalue weighted by atomic mass is 10.1. The van der Waals surface area contributed by atoms with E-state index in [9.17, 15) is 0 Å².